The number of ether oxygens (including phenoxy) is 2. The van der Waals surface area contributed by atoms with Crippen molar-refractivity contribution in [2.24, 2.45) is 0 Å². The normalized spacial score (nSPS) is 10.1. The monoisotopic (exact) mass is 283 g/mol. The van der Waals surface area contributed by atoms with Gasteiger partial charge < -0.3 is 14.8 Å². The van der Waals surface area contributed by atoms with Gasteiger partial charge in [-0.05, 0) is 13.3 Å². The van der Waals surface area contributed by atoms with E-state index >= 15 is 0 Å². The Bertz CT molecular complexity index is 478. The van der Waals surface area contributed by atoms with Crippen LogP contribution < -0.4 is 5.32 Å². The van der Waals surface area contributed by atoms with Crippen LogP contribution >= 0.6 is 0 Å². The highest BCUT2D eigenvalue weighted by atomic mass is 16.6. The quantitative estimate of drug-likeness (QED) is 0.334. The highest BCUT2D eigenvalue weighted by Crippen LogP contribution is 2.23. The molecule has 0 bridgehead atoms. The molecule has 0 unspecified atom stereocenters. The molecule has 1 aromatic heterocycles. The van der Waals surface area contributed by atoms with E-state index < -0.39 is 10.9 Å². The fourth-order valence-electron chi connectivity index (χ4n) is 1.48. The average molecular weight is 283 g/mol. The summed E-state index contributed by atoms with van der Waals surface area (Å²) in [6.07, 6.45) is 1.94. The lowest BCUT2D eigenvalue weighted by atomic mass is 10.2. The largest absolute Gasteiger partial charge is 0.462 e. The molecule has 1 N–H and O–H groups in total. The molecule has 0 spiro atoms. The third-order valence-corrected chi connectivity index (χ3v) is 2.39. The second-order valence-electron chi connectivity index (χ2n) is 3.84. The molecule has 1 aromatic rings. The zero-order chi connectivity index (χ0) is 15.0. The van der Waals surface area contributed by atoms with Crippen molar-refractivity contribution < 1.29 is 19.2 Å². The minimum atomic E-state index is -0.631. The first kappa shape index (κ1) is 15.8. The topological polar surface area (TPSA) is 104 Å². The van der Waals surface area contributed by atoms with E-state index in [1.54, 1.807) is 14.0 Å². The molecule has 0 aromatic carbocycles. The first-order valence-electron chi connectivity index (χ1n) is 6.14. The van der Waals surface area contributed by atoms with Crippen LogP contribution in [-0.4, -0.2) is 42.7 Å². The molecule has 0 aliphatic carbocycles. The van der Waals surface area contributed by atoms with Crippen molar-refractivity contribution in [2.75, 3.05) is 32.2 Å². The van der Waals surface area contributed by atoms with Gasteiger partial charge in [-0.3, -0.25) is 10.1 Å². The van der Waals surface area contributed by atoms with Crippen molar-refractivity contribution in [3.63, 3.8) is 0 Å². The lowest BCUT2D eigenvalue weighted by Crippen LogP contribution is -2.11. The molecule has 0 radical (unpaired) electrons. The number of anilines is 1. The van der Waals surface area contributed by atoms with Crippen molar-refractivity contribution in [2.45, 2.75) is 13.3 Å². The zero-order valence-electron chi connectivity index (χ0n) is 11.4. The van der Waals surface area contributed by atoms with Gasteiger partial charge >= 0.3 is 11.7 Å². The Kier molecular flexibility index (Phi) is 6.38. The van der Waals surface area contributed by atoms with Crippen LogP contribution in [0.15, 0.2) is 12.3 Å². The molecule has 0 aliphatic heterocycles. The highest BCUT2D eigenvalue weighted by Gasteiger charge is 2.19. The lowest BCUT2D eigenvalue weighted by molar-refractivity contribution is -0.384. The second-order valence-corrected chi connectivity index (χ2v) is 3.84. The van der Waals surface area contributed by atoms with Crippen molar-refractivity contribution in [3.8, 4) is 0 Å². The zero-order valence-corrected chi connectivity index (χ0v) is 11.4. The van der Waals surface area contributed by atoms with E-state index in [2.05, 4.69) is 10.3 Å². The average Bonchev–Trinajstić information content (AvgIpc) is 2.43. The summed E-state index contributed by atoms with van der Waals surface area (Å²) in [6, 6.07) is 1.16. The van der Waals surface area contributed by atoms with Gasteiger partial charge in [0.1, 0.15) is 0 Å². The van der Waals surface area contributed by atoms with E-state index in [4.69, 9.17) is 9.47 Å². The number of nitro groups is 1. The molecule has 0 atom stereocenters. The van der Waals surface area contributed by atoms with Crippen molar-refractivity contribution in [1.82, 2.24) is 4.98 Å². The number of esters is 1. The van der Waals surface area contributed by atoms with Gasteiger partial charge in [-0.1, -0.05) is 0 Å². The summed E-state index contributed by atoms with van der Waals surface area (Å²) in [5.74, 6) is -0.506. The van der Waals surface area contributed by atoms with Crippen molar-refractivity contribution in [3.05, 3.63) is 27.9 Å². The molecular formula is C12H17N3O5. The maximum atomic E-state index is 11.5. The predicted molar refractivity (Wildman–Crippen MR) is 71.8 cm³/mol. The molecule has 0 saturated heterocycles. The Hall–Kier alpha value is -2.22. The van der Waals surface area contributed by atoms with Gasteiger partial charge in [-0.25, -0.2) is 9.78 Å². The fourth-order valence-corrected chi connectivity index (χ4v) is 1.48. The maximum Gasteiger partial charge on any atom is 0.339 e. The summed E-state index contributed by atoms with van der Waals surface area (Å²) < 4.78 is 9.66. The number of methoxy groups -OCH3 is 1. The number of pyridine rings is 1. The van der Waals surface area contributed by atoms with E-state index in [9.17, 15) is 14.9 Å². The van der Waals surface area contributed by atoms with Crippen LogP contribution in [0.25, 0.3) is 0 Å². The summed E-state index contributed by atoms with van der Waals surface area (Å²) in [6.45, 7) is 2.89. The molecule has 0 fully saturated rings. The van der Waals surface area contributed by atoms with E-state index in [1.165, 1.54) is 6.20 Å². The van der Waals surface area contributed by atoms with E-state index in [0.29, 0.717) is 19.6 Å². The van der Waals surface area contributed by atoms with Crippen LogP contribution in [0.3, 0.4) is 0 Å². The molecule has 0 saturated carbocycles. The number of nitrogens with zero attached hydrogens (tertiary/aromatic N) is 2. The first-order valence-corrected chi connectivity index (χ1v) is 6.14. The maximum absolute atomic E-state index is 11.5. The van der Waals surface area contributed by atoms with E-state index in [-0.39, 0.29) is 23.7 Å². The Balaban J connectivity index is 2.85. The van der Waals surface area contributed by atoms with Gasteiger partial charge in [0.05, 0.1) is 17.1 Å². The molecule has 1 heterocycles. The van der Waals surface area contributed by atoms with E-state index in [0.717, 1.165) is 6.07 Å². The van der Waals surface area contributed by atoms with Crippen LogP contribution in [0.5, 0.6) is 0 Å². The molecule has 1 rings (SSSR count). The lowest BCUT2D eigenvalue weighted by Gasteiger charge is -2.07. The third-order valence-electron chi connectivity index (χ3n) is 2.39. The van der Waals surface area contributed by atoms with Crippen LogP contribution in [0.1, 0.15) is 23.7 Å². The summed E-state index contributed by atoms with van der Waals surface area (Å²) in [4.78, 5) is 25.8. The number of hydrogen-bond acceptors (Lipinski definition) is 7. The number of aromatic nitrogens is 1. The molecule has 0 amide bonds. The second kappa shape index (κ2) is 8.05. The van der Waals surface area contributed by atoms with Gasteiger partial charge in [-0.15, -0.1) is 0 Å². The van der Waals surface area contributed by atoms with Crippen LogP contribution in [-0.2, 0) is 9.47 Å². The number of hydrogen-bond donors (Lipinski definition) is 1. The van der Waals surface area contributed by atoms with Gasteiger partial charge in [0.2, 0.25) is 5.82 Å². The smallest absolute Gasteiger partial charge is 0.339 e. The Morgan fingerprint density at radius 1 is 1.55 bits per heavy atom. The minimum Gasteiger partial charge on any atom is -0.462 e. The van der Waals surface area contributed by atoms with E-state index in [1.807, 2.05) is 0 Å². The number of carbonyl (C=O) groups is 1. The molecular weight excluding hydrogens is 266 g/mol. The summed E-state index contributed by atoms with van der Waals surface area (Å²) in [7, 11) is 1.58. The van der Waals surface area contributed by atoms with Crippen molar-refractivity contribution >= 4 is 17.5 Å². The van der Waals surface area contributed by atoms with Gasteiger partial charge in [-0.2, -0.15) is 0 Å². The van der Waals surface area contributed by atoms with Gasteiger partial charge in [0.25, 0.3) is 0 Å². The summed E-state index contributed by atoms with van der Waals surface area (Å²) in [5, 5.41) is 13.8. The molecule has 8 nitrogen and oxygen atoms in total. The molecule has 8 heteroatoms. The number of carbonyl (C=O) groups excluding carboxylic acids is 1. The molecule has 20 heavy (non-hydrogen) atoms. The van der Waals surface area contributed by atoms with Crippen LogP contribution in [0.2, 0.25) is 0 Å². The van der Waals surface area contributed by atoms with Crippen molar-refractivity contribution in [1.29, 1.82) is 0 Å². The highest BCUT2D eigenvalue weighted by molar-refractivity contribution is 5.90. The van der Waals surface area contributed by atoms with Gasteiger partial charge in [0.15, 0.2) is 0 Å². The minimum absolute atomic E-state index is 0.0565. The SMILES string of the molecule is CCOC(=O)c1cnc(NCCCOC)c([N+](=O)[O-])c1. The number of rotatable bonds is 8. The number of nitrogens with one attached hydrogen (secondary N) is 1. The Morgan fingerprint density at radius 2 is 2.30 bits per heavy atom. The van der Waals surface area contributed by atoms with Crippen LogP contribution in [0.4, 0.5) is 11.5 Å². The standard InChI is InChI=1S/C12H17N3O5/c1-3-20-12(16)9-7-10(15(17)18)11(14-8-9)13-5-4-6-19-2/h7-8H,3-6H2,1-2H3,(H,13,14). The summed E-state index contributed by atoms with van der Waals surface area (Å²) >= 11 is 0. The van der Waals surface area contributed by atoms with Gasteiger partial charge in [0, 0.05) is 32.5 Å². The summed E-state index contributed by atoms with van der Waals surface area (Å²) in [5.41, 5.74) is -0.200. The molecule has 110 valence electrons. The Morgan fingerprint density at radius 3 is 2.90 bits per heavy atom. The van der Waals surface area contributed by atoms with Crippen LogP contribution in [0, 0.1) is 10.1 Å². The third kappa shape index (κ3) is 4.47. The molecule has 0 aliphatic rings. The first-order chi connectivity index (χ1) is 9.60. The predicted octanol–water partition coefficient (Wildman–Crippen LogP) is 1.61. The fraction of sp³-hybridized carbons (Fsp3) is 0.500. The Labute approximate surface area is 116 Å².